The Morgan fingerprint density at radius 3 is 1.31 bits per heavy atom. The maximum Gasteiger partial charge on any atom is 0.0400 e. The van der Waals surface area contributed by atoms with Crippen molar-refractivity contribution in [1.29, 1.82) is 0 Å². The molecular formula is C33H53N3. The number of aryl methyl sites for hydroxylation is 4. The highest BCUT2D eigenvalue weighted by Crippen LogP contribution is 1.97. The number of pyridine rings is 3. The molecular weight excluding hydrogens is 438 g/mol. The number of benzene rings is 1. The Kier molecular flexibility index (Phi) is 30.9. The van der Waals surface area contributed by atoms with E-state index in [4.69, 9.17) is 0 Å². The zero-order valence-electron chi connectivity index (χ0n) is 20.0. The van der Waals surface area contributed by atoms with Gasteiger partial charge in [-0.3, -0.25) is 15.0 Å². The van der Waals surface area contributed by atoms with E-state index in [2.05, 4.69) is 73.0 Å². The van der Waals surface area contributed by atoms with E-state index >= 15 is 0 Å². The molecule has 36 heavy (non-hydrogen) atoms. The Morgan fingerprint density at radius 2 is 0.972 bits per heavy atom. The van der Waals surface area contributed by atoms with E-state index in [1.54, 1.807) is 6.20 Å². The maximum absolute atomic E-state index is 4.10. The van der Waals surface area contributed by atoms with Crippen molar-refractivity contribution >= 4 is 0 Å². The molecule has 0 saturated heterocycles. The monoisotopic (exact) mass is 491 g/mol. The van der Waals surface area contributed by atoms with Gasteiger partial charge in [0.1, 0.15) is 0 Å². The van der Waals surface area contributed by atoms with E-state index in [-0.39, 0.29) is 29.7 Å². The maximum atomic E-state index is 4.10. The van der Waals surface area contributed by atoms with E-state index < -0.39 is 0 Å². The summed E-state index contributed by atoms with van der Waals surface area (Å²) in [6, 6.07) is 24.5. The van der Waals surface area contributed by atoms with Crippen LogP contribution in [0.5, 0.6) is 0 Å². The van der Waals surface area contributed by atoms with Gasteiger partial charge in [0.2, 0.25) is 0 Å². The van der Waals surface area contributed by atoms with Crippen LogP contribution in [0.4, 0.5) is 0 Å². The van der Waals surface area contributed by atoms with Crippen LogP contribution in [0.3, 0.4) is 0 Å². The first-order valence-electron chi connectivity index (χ1n) is 11.4. The zero-order valence-corrected chi connectivity index (χ0v) is 20.0. The van der Waals surface area contributed by atoms with Gasteiger partial charge in [0, 0.05) is 36.7 Å². The molecule has 200 valence electrons. The lowest BCUT2D eigenvalue weighted by atomic mass is 10.2. The Morgan fingerprint density at radius 1 is 0.444 bits per heavy atom. The van der Waals surface area contributed by atoms with Crippen LogP contribution in [0.15, 0.2) is 104 Å². The Balaban J connectivity index is -0.000000183. The smallest absolute Gasteiger partial charge is 0.0400 e. The number of aromatic nitrogens is 3. The lowest BCUT2D eigenvalue weighted by molar-refractivity contribution is 1.04. The normalized spacial score (nSPS) is 8.11. The standard InChI is InChI=1S/C8H10.3C7H9N.4CH4/c1-2-8-6-4-3-5-7-8;1-2-7-3-5-8-6-4-7;1-2-7-4-3-5-8-6-7;1-2-7-5-3-4-6-8-7;;;;/h3-7H,2H2,1H3;3*3-6H,2H2,1H3;4*1H4. The van der Waals surface area contributed by atoms with Crippen LogP contribution < -0.4 is 0 Å². The molecule has 0 radical (unpaired) electrons. The second-order valence-corrected chi connectivity index (χ2v) is 6.94. The third-order valence-corrected chi connectivity index (χ3v) is 4.63. The van der Waals surface area contributed by atoms with Crippen molar-refractivity contribution in [3.63, 3.8) is 0 Å². The number of rotatable bonds is 4. The summed E-state index contributed by atoms with van der Waals surface area (Å²) in [6.07, 6.45) is 13.5. The predicted molar refractivity (Wildman–Crippen MR) is 164 cm³/mol. The van der Waals surface area contributed by atoms with Gasteiger partial charge in [-0.1, -0.05) is 99.9 Å². The van der Waals surface area contributed by atoms with E-state index in [0.717, 1.165) is 31.4 Å². The summed E-state index contributed by atoms with van der Waals surface area (Å²) in [7, 11) is 0. The minimum Gasteiger partial charge on any atom is -0.265 e. The molecule has 0 bridgehead atoms. The SMILES string of the molecule is C.C.C.C.CCc1ccccc1.CCc1ccccn1.CCc1cccnc1.CCc1ccncc1. The second-order valence-electron chi connectivity index (χ2n) is 6.94. The lowest BCUT2D eigenvalue weighted by Gasteiger charge is -1.89. The molecule has 4 aromatic rings. The van der Waals surface area contributed by atoms with E-state index in [1.165, 1.54) is 16.7 Å². The third-order valence-electron chi connectivity index (χ3n) is 4.63. The van der Waals surface area contributed by atoms with Gasteiger partial charge in [0.15, 0.2) is 0 Å². The highest BCUT2D eigenvalue weighted by Gasteiger charge is 1.83. The van der Waals surface area contributed by atoms with Crippen molar-refractivity contribution in [3.8, 4) is 0 Å². The van der Waals surface area contributed by atoms with Crippen molar-refractivity contribution in [3.05, 3.63) is 126 Å². The molecule has 0 N–H and O–H groups in total. The molecule has 4 rings (SSSR count). The van der Waals surface area contributed by atoms with Crippen LogP contribution in [-0.2, 0) is 25.7 Å². The Hall–Kier alpha value is -3.33. The zero-order chi connectivity index (χ0) is 23.3. The van der Waals surface area contributed by atoms with E-state index in [1.807, 2.05) is 67.3 Å². The van der Waals surface area contributed by atoms with Crippen molar-refractivity contribution < 1.29 is 0 Å². The third kappa shape index (κ3) is 20.1. The van der Waals surface area contributed by atoms with Crippen LogP contribution in [0, 0.1) is 0 Å². The van der Waals surface area contributed by atoms with E-state index in [9.17, 15) is 0 Å². The summed E-state index contributed by atoms with van der Waals surface area (Å²) in [5.41, 5.74) is 5.22. The van der Waals surface area contributed by atoms with Crippen molar-refractivity contribution in [2.75, 3.05) is 0 Å². The number of hydrogen-bond acceptors (Lipinski definition) is 3. The fourth-order valence-corrected chi connectivity index (χ4v) is 2.55. The van der Waals surface area contributed by atoms with Gasteiger partial charge in [-0.05, 0) is 72.7 Å². The Labute approximate surface area is 224 Å². The molecule has 0 aliphatic carbocycles. The summed E-state index contributed by atoms with van der Waals surface area (Å²) in [5, 5.41) is 0. The first-order valence-corrected chi connectivity index (χ1v) is 11.4. The molecule has 0 amide bonds. The van der Waals surface area contributed by atoms with Crippen LogP contribution in [0.2, 0.25) is 0 Å². The van der Waals surface area contributed by atoms with Gasteiger partial charge >= 0.3 is 0 Å². The largest absolute Gasteiger partial charge is 0.265 e. The number of hydrogen-bond donors (Lipinski definition) is 0. The Bertz CT molecular complexity index is 738. The van der Waals surface area contributed by atoms with Gasteiger partial charge in [-0.2, -0.15) is 0 Å². The molecule has 0 fully saturated rings. The van der Waals surface area contributed by atoms with Crippen LogP contribution in [-0.4, -0.2) is 15.0 Å². The summed E-state index contributed by atoms with van der Waals surface area (Å²) >= 11 is 0. The molecule has 0 spiro atoms. The molecule has 3 heterocycles. The minimum atomic E-state index is 0. The topological polar surface area (TPSA) is 38.7 Å². The van der Waals surface area contributed by atoms with Gasteiger partial charge < -0.3 is 0 Å². The first kappa shape index (κ1) is 39.9. The molecule has 3 aromatic heterocycles. The number of nitrogens with zero attached hydrogens (tertiary/aromatic N) is 3. The van der Waals surface area contributed by atoms with Gasteiger partial charge in [0.25, 0.3) is 0 Å². The molecule has 0 aliphatic heterocycles. The lowest BCUT2D eigenvalue weighted by Crippen LogP contribution is -1.81. The van der Waals surface area contributed by atoms with Gasteiger partial charge in [0.05, 0.1) is 0 Å². The summed E-state index contributed by atoms with van der Waals surface area (Å²) in [6.45, 7) is 8.52. The van der Waals surface area contributed by atoms with Crippen LogP contribution >= 0.6 is 0 Å². The van der Waals surface area contributed by atoms with Gasteiger partial charge in [-0.15, -0.1) is 0 Å². The first-order chi connectivity index (χ1) is 15.7. The molecule has 3 heteroatoms. The summed E-state index contributed by atoms with van der Waals surface area (Å²) in [5.74, 6) is 0. The fraction of sp³-hybridized carbons (Fsp3) is 0.364. The van der Waals surface area contributed by atoms with Gasteiger partial charge in [-0.25, -0.2) is 0 Å². The minimum absolute atomic E-state index is 0. The molecule has 0 unspecified atom stereocenters. The molecule has 0 aliphatic rings. The molecule has 1 aromatic carbocycles. The summed E-state index contributed by atoms with van der Waals surface area (Å²) in [4.78, 5) is 11.9. The van der Waals surface area contributed by atoms with E-state index in [0.29, 0.717) is 0 Å². The highest BCUT2D eigenvalue weighted by atomic mass is 14.7. The quantitative estimate of drug-likeness (QED) is 0.285. The van der Waals surface area contributed by atoms with Crippen molar-refractivity contribution in [2.24, 2.45) is 0 Å². The van der Waals surface area contributed by atoms with Crippen LogP contribution in [0.1, 0.15) is 79.8 Å². The van der Waals surface area contributed by atoms with Crippen molar-refractivity contribution in [1.82, 2.24) is 15.0 Å². The average molecular weight is 492 g/mol. The molecule has 3 nitrogen and oxygen atoms in total. The van der Waals surface area contributed by atoms with Crippen molar-refractivity contribution in [2.45, 2.75) is 83.1 Å². The molecule has 0 saturated carbocycles. The predicted octanol–water partition coefficient (Wildman–Crippen LogP) is 9.73. The summed E-state index contributed by atoms with van der Waals surface area (Å²) < 4.78 is 0. The second kappa shape index (κ2) is 27.9. The highest BCUT2D eigenvalue weighted by molar-refractivity contribution is 5.14. The molecule has 0 atom stereocenters. The average Bonchev–Trinajstić information content (AvgIpc) is 2.91. The fourth-order valence-electron chi connectivity index (χ4n) is 2.55. The van der Waals surface area contributed by atoms with Crippen LogP contribution in [0.25, 0.3) is 0 Å².